The zero-order chi connectivity index (χ0) is 18.5. The van der Waals surface area contributed by atoms with E-state index in [2.05, 4.69) is 26.3 Å². The van der Waals surface area contributed by atoms with Crippen LogP contribution in [-0.4, -0.2) is 40.1 Å². The number of aromatic nitrogens is 3. The van der Waals surface area contributed by atoms with Crippen LogP contribution in [0.15, 0.2) is 54.9 Å². The zero-order valence-corrected chi connectivity index (χ0v) is 14.5. The van der Waals surface area contributed by atoms with Gasteiger partial charge in [-0.05, 0) is 35.9 Å². The topological polar surface area (TPSA) is 91.2 Å². The van der Waals surface area contributed by atoms with Crippen LogP contribution in [0.2, 0.25) is 0 Å². The van der Waals surface area contributed by atoms with Gasteiger partial charge in [-0.15, -0.1) is 0 Å². The molecule has 2 aromatic heterocycles. The summed E-state index contributed by atoms with van der Waals surface area (Å²) in [7, 11) is 3.99. The van der Waals surface area contributed by atoms with E-state index in [-0.39, 0.29) is 5.56 Å². The molecule has 0 unspecified atom stereocenters. The molecule has 1 aromatic carbocycles. The molecule has 0 saturated heterocycles. The molecule has 7 heteroatoms. The van der Waals surface area contributed by atoms with Gasteiger partial charge in [0.25, 0.3) is 0 Å². The number of rotatable bonds is 6. The molecule has 0 bridgehead atoms. The standard InChI is InChI=1S/C19H19N5O2/c1-24(2)15-5-3-4-13(10-15)12-22-19-21-9-7-16(23-19)17-11-14(18(25)26)6-8-20-17/h3-11H,12H2,1-2H3,(H,25,26)(H,21,22,23). The lowest BCUT2D eigenvalue weighted by atomic mass is 10.2. The van der Waals surface area contributed by atoms with Crippen LogP contribution in [-0.2, 0) is 6.54 Å². The van der Waals surface area contributed by atoms with Crippen molar-refractivity contribution in [1.82, 2.24) is 15.0 Å². The Morgan fingerprint density at radius 3 is 2.65 bits per heavy atom. The normalized spacial score (nSPS) is 10.4. The fraction of sp³-hybridized carbons (Fsp3) is 0.158. The van der Waals surface area contributed by atoms with E-state index in [1.165, 1.54) is 18.3 Å². The number of carboxylic acid groups (broad SMARTS) is 1. The van der Waals surface area contributed by atoms with Crippen molar-refractivity contribution < 1.29 is 9.90 Å². The Labute approximate surface area is 151 Å². The van der Waals surface area contributed by atoms with Crippen LogP contribution in [0.1, 0.15) is 15.9 Å². The van der Waals surface area contributed by atoms with Gasteiger partial charge in [-0.2, -0.15) is 0 Å². The van der Waals surface area contributed by atoms with Crippen LogP contribution < -0.4 is 10.2 Å². The zero-order valence-electron chi connectivity index (χ0n) is 14.5. The van der Waals surface area contributed by atoms with E-state index >= 15 is 0 Å². The number of nitrogens with one attached hydrogen (secondary N) is 1. The molecule has 132 valence electrons. The Hall–Kier alpha value is -3.48. The van der Waals surface area contributed by atoms with Crippen LogP contribution in [0.4, 0.5) is 11.6 Å². The van der Waals surface area contributed by atoms with Crippen molar-refractivity contribution in [2.75, 3.05) is 24.3 Å². The average molecular weight is 349 g/mol. The molecule has 0 saturated carbocycles. The van der Waals surface area contributed by atoms with Gasteiger partial charge in [0.2, 0.25) is 5.95 Å². The van der Waals surface area contributed by atoms with Crippen molar-refractivity contribution in [3.05, 3.63) is 66.0 Å². The van der Waals surface area contributed by atoms with Gasteiger partial charge in [0.15, 0.2) is 0 Å². The number of hydrogen-bond acceptors (Lipinski definition) is 6. The van der Waals surface area contributed by atoms with Gasteiger partial charge in [0.1, 0.15) is 0 Å². The summed E-state index contributed by atoms with van der Waals surface area (Å²) in [6, 6.07) is 12.8. The first kappa shape index (κ1) is 17.3. The maximum absolute atomic E-state index is 11.1. The summed E-state index contributed by atoms with van der Waals surface area (Å²) in [6.07, 6.45) is 3.08. The number of benzene rings is 1. The van der Waals surface area contributed by atoms with Crippen molar-refractivity contribution in [2.24, 2.45) is 0 Å². The lowest BCUT2D eigenvalue weighted by Gasteiger charge is -2.14. The van der Waals surface area contributed by atoms with Gasteiger partial charge in [-0.3, -0.25) is 4.98 Å². The molecule has 3 aromatic rings. The van der Waals surface area contributed by atoms with E-state index in [0.717, 1.165) is 11.3 Å². The third-order valence-corrected chi connectivity index (χ3v) is 3.80. The minimum atomic E-state index is -0.998. The minimum absolute atomic E-state index is 0.170. The molecule has 0 aliphatic carbocycles. The monoisotopic (exact) mass is 349 g/mol. The number of carbonyl (C=O) groups is 1. The molecule has 2 N–H and O–H groups in total. The van der Waals surface area contributed by atoms with Crippen LogP contribution >= 0.6 is 0 Å². The summed E-state index contributed by atoms with van der Waals surface area (Å²) in [5, 5.41) is 12.3. The first-order valence-corrected chi connectivity index (χ1v) is 8.06. The van der Waals surface area contributed by atoms with Gasteiger partial charge in [-0.1, -0.05) is 12.1 Å². The quantitative estimate of drug-likeness (QED) is 0.707. The first-order chi connectivity index (χ1) is 12.5. The fourth-order valence-electron chi connectivity index (χ4n) is 2.42. The van der Waals surface area contributed by atoms with Crippen LogP contribution in [0.25, 0.3) is 11.4 Å². The SMILES string of the molecule is CN(C)c1cccc(CNc2nccc(-c3cc(C(=O)O)ccn3)n2)c1. The number of hydrogen-bond donors (Lipinski definition) is 2. The van der Waals surface area contributed by atoms with Gasteiger partial charge in [0, 0.05) is 38.7 Å². The predicted octanol–water partition coefficient (Wildman–Crippen LogP) is 2.91. The van der Waals surface area contributed by atoms with Crippen molar-refractivity contribution in [3.8, 4) is 11.4 Å². The highest BCUT2D eigenvalue weighted by Gasteiger charge is 2.08. The molecule has 0 spiro atoms. The van der Waals surface area contributed by atoms with Crippen molar-refractivity contribution in [3.63, 3.8) is 0 Å². The number of pyridine rings is 1. The molecule has 7 nitrogen and oxygen atoms in total. The Morgan fingerprint density at radius 2 is 1.88 bits per heavy atom. The molecule has 0 atom stereocenters. The lowest BCUT2D eigenvalue weighted by Crippen LogP contribution is -2.09. The van der Waals surface area contributed by atoms with Crippen molar-refractivity contribution in [2.45, 2.75) is 6.54 Å². The second-order valence-electron chi connectivity index (χ2n) is 5.92. The molecule has 26 heavy (non-hydrogen) atoms. The maximum atomic E-state index is 11.1. The van der Waals surface area contributed by atoms with E-state index in [1.54, 1.807) is 12.3 Å². The van der Waals surface area contributed by atoms with Crippen LogP contribution in [0.3, 0.4) is 0 Å². The number of nitrogens with zero attached hydrogens (tertiary/aromatic N) is 4. The molecule has 0 aliphatic heterocycles. The summed E-state index contributed by atoms with van der Waals surface area (Å²) in [6.45, 7) is 0.577. The lowest BCUT2D eigenvalue weighted by molar-refractivity contribution is 0.0697. The van der Waals surface area contributed by atoms with E-state index in [4.69, 9.17) is 5.11 Å². The smallest absolute Gasteiger partial charge is 0.335 e. The molecular weight excluding hydrogens is 330 g/mol. The Bertz CT molecular complexity index is 927. The van der Waals surface area contributed by atoms with Crippen LogP contribution in [0.5, 0.6) is 0 Å². The van der Waals surface area contributed by atoms with Crippen molar-refractivity contribution in [1.29, 1.82) is 0 Å². The molecule has 2 heterocycles. The number of aromatic carboxylic acids is 1. The minimum Gasteiger partial charge on any atom is -0.478 e. The molecule has 3 rings (SSSR count). The Kier molecular flexibility index (Phi) is 5.07. The van der Waals surface area contributed by atoms with Gasteiger partial charge < -0.3 is 15.3 Å². The highest BCUT2D eigenvalue weighted by atomic mass is 16.4. The predicted molar refractivity (Wildman–Crippen MR) is 100 cm³/mol. The van der Waals surface area contributed by atoms with E-state index < -0.39 is 5.97 Å². The fourth-order valence-corrected chi connectivity index (χ4v) is 2.42. The molecular formula is C19H19N5O2. The Balaban J connectivity index is 1.77. The number of carboxylic acids is 1. The third kappa shape index (κ3) is 4.13. The van der Waals surface area contributed by atoms with Gasteiger partial charge in [0.05, 0.1) is 17.0 Å². The van der Waals surface area contributed by atoms with Gasteiger partial charge in [-0.25, -0.2) is 14.8 Å². The molecule has 0 aliphatic rings. The molecule has 0 radical (unpaired) electrons. The van der Waals surface area contributed by atoms with E-state index in [1.807, 2.05) is 37.2 Å². The summed E-state index contributed by atoms with van der Waals surface area (Å²) < 4.78 is 0. The highest BCUT2D eigenvalue weighted by Crippen LogP contribution is 2.18. The molecule has 0 amide bonds. The van der Waals surface area contributed by atoms with Crippen molar-refractivity contribution >= 4 is 17.6 Å². The summed E-state index contributed by atoms with van der Waals surface area (Å²) in [4.78, 5) is 26.0. The van der Waals surface area contributed by atoms with Gasteiger partial charge >= 0.3 is 5.97 Å². The maximum Gasteiger partial charge on any atom is 0.335 e. The molecule has 0 fully saturated rings. The van der Waals surface area contributed by atoms with Crippen LogP contribution in [0, 0.1) is 0 Å². The summed E-state index contributed by atoms with van der Waals surface area (Å²) in [5.41, 5.74) is 3.45. The summed E-state index contributed by atoms with van der Waals surface area (Å²) in [5.74, 6) is -0.540. The average Bonchev–Trinajstić information content (AvgIpc) is 2.67. The first-order valence-electron chi connectivity index (χ1n) is 8.06. The summed E-state index contributed by atoms with van der Waals surface area (Å²) >= 11 is 0. The Morgan fingerprint density at radius 1 is 1.08 bits per heavy atom. The van der Waals surface area contributed by atoms with E-state index in [9.17, 15) is 4.79 Å². The van der Waals surface area contributed by atoms with E-state index in [0.29, 0.717) is 23.9 Å². The highest BCUT2D eigenvalue weighted by molar-refractivity contribution is 5.88. The third-order valence-electron chi connectivity index (χ3n) is 3.80. The second kappa shape index (κ2) is 7.60. The second-order valence-corrected chi connectivity index (χ2v) is 5.92. The number of anilines is 2. The largest absolute Gasteiger partial charge is 0.478 e.